The van der Waals surface area contributed by atoms with E-state index in [9.17, 15) is 8.42 Å². The smallest absolute Gasteiger partial charge is 0.238 e. The number of aromatic nitrogens is 1. The first-order chi connectivity index (χ1) is 10.9. The Morgan fingerprint density at radius 1 is 1.35 bits per heavy atom. The van der Waals surface area contributed by atoms with Gasteiger partial charge in [-0.1, -0.05) is 30.3 Å². The lowest BCUT2D eigenvalue weighted by molar-refractivity contribution is 0.326. The van der Waals surface area contributed by atoms with Gasteiger partial charge < -0.3 is 10.5 Å². The van der Waals surface area contributed by atoms with Gasteiger partial charge in [0.15, 0.2) is 0 Å². The minimum absolute atomic E-state index is 0.00686. The fourth-order valence-electron chi connectivity index (χ4n) is 1.94. The molecular formula is C15H16N4O3S. The van der Waals surface area contributed by atoms with Crippen molar-refractivity contribution in [2.24, 2.45) is 0 Å². The van der Waals surface area contributed by atoms with Gasteiger partial charge >= 0.3 is 0 Å². The van der Waals surface area contributed by atoms with Crippen molar-refractivity contribution in [2.75, 3.05) is 17.1 Å². The number of sulfonamides is 1. The van der Waals surface area contributed by atoms with Gasteiger partial charge in [-0.05, 0) is 12.5 Å². The molecule has 0 fully saturated rings. The molecular weight excluding hydrogens is 316 g/mol. The normalized spacial score (nSPS) is 10.8. The largest absolute Gasteiger partial charge is 0.477 e. The van der Waals surface area contributed by atoms with Gasteiger partial charge in [0.2, 0.25) is 15.9 Å². The van der Waals surface area contributed by atoms with Gasteiger partial charge in [-0.15, -0.1) is 0 Å². The van der Waals surface area contributed by atoms with Crippen molar-refractivity contribution in [2.45, 2.75) is 12.7 Å². The van der Waals surface area contributed by atoms with E-state index in [2.05, 4.69) is 9.71 Å². The number of pyridine rings is 1. The Balaban J connectivity index is 2.27. The monoisotopic (exact) mass is 332 g/mol. The van der Waals surface area contributed by atoms with Crippen molar-refractivity contribution in [1.82, 2.24) is 4.98 Å². The van der Waals surface area contributed by atoms with Crippen LogP contribution >= 0.6 is 0 Å². The molecule has 0 atom stereocenters. The van der Waals surface area contributed by atoms with Gasteiger partial charge in [0, 0.05) is 6.07 Å². The molecule has 0 aliphatic carbocycles. The average Bonchev–Trinajstić information content (AvgIpc) is 2.47. The predicted molar refractivity (Wildman–Crippen MR) is 87.2 cm³/mol. The molecule has 0 unspecified atom stereocenters. The number of hydrogen-bond acceptors (Lipinski definition) is 6. The molecule has 0 bridgehead atoms. The third kappa shape index (κ3) is 4.34. The maximum Gasteiger partial charge on any atom is 0.238 e. The van der Waals surface area contributed by atoms with Gasteiger partial charge in [0.1, 0.15) is 17.5 Å². The number of nitriles is 1. The third-order valence-electron chi connectivity index (χ3n) is 2.87. The fourth-order valence-corrected chi connectivity index (χ4v) is 3.06. The second kappa shape index (κ2) is 6.98. The number of nitrogens with one attached hydrogen (secondary N) is 1. The van der Waals surface area contributed by atoms with E-state index in [1.807, 2.05) is 6.07 Å². The Hall–Kier alpha value is -2.79. The Labute approximate surface area is 134 Å². The van der Waals surface area contributed by atoms with E-state index in [1.165, 1.54) is 6.07 Å². The standard InChI is InChI=1S/C15H16N4O3S/c1-2-22-15-12(9-16)13(17)8-14(18-15)19-23(20,21)10-11-6-4-3-5-7-11/h3-8H,2,10H2,1H3,(H3,17,18,19). The first-order valence-corrected chi connectivity index (χ1v) is 8.48. The SMILES string of the molecule is CCOc1nc(NS(=O)(=O)Cc2ccccc2)cc(N)c1C#N. The summed E-state index contributed by atoms with van der Waals surface area (Å²) in [6, 6.07) is 11.9. The van der Waals surface area contributed by atoms with E-state index in [0.717, 1.165) is 0 Å². The summed E-state index contributed by atoms with van der Waals surface area (Å²) in [5, 5.41) is 9.06. The molecule has 8 heteroatoms. The molecule has 0 spiro atoms. The highest BCUT2D eigenvalue weighted by Gasteiger charge is 2.16. The Kier molecular flexibility index (Phi) is 5.03. The molecule has 0 amide bonds. The second-order valence-electron chi connectivity index (χ2n) is 4.67. The quantitative estimate of drug-likeness (QED) is 0.833. The van der Waals surface area contributed by atoms with Crippen molar-refractivity contribution in [3.05, 3.63) is 47.5 Å². The van der Waals surface area contributed by atoms with Crippen LogP contribution in [0.5, 0.6) is 5.88 Å². The first kappa shape index (κ1) is 16.6. The molecule has 0 aliphatic heterocycles. The summed E-state index contributed by atoms with van der Waals surface area (Å²) < 4.78 is 32.0. The summed E-state index contributed by atoms with van der Waals surface area (Å²) in [6.07, 6.45) is 0. The zero-order chi connectivity index (χ0) is 16.9. The number of anilines is 2. The number of hydrogen-bond donors (Lipinski definition) is 2. The fraction of sp³-hybridized carbons (Fsp3) is 0.200. The van der Waals surface area contributed by atoms with Crippen LogP contribution in [0.4, 0.5) is 11.5 Å². The van der Waals surface area contributed by atoms with E-state index < -0.39 is 10.0 Å². The van der Waals surface area contributed by atoms with Crippen molar-refractivity contribution < 1.29 is 13.2 Å². The topological polar surface area (TPSA) is 118 Å². The highest BCUT2D eigenvalue weighted by Crippen LogP contribution is 2.25. The summed E-state index contributed by atoms with van der Waals surface area (Å²) in [5.41, 5.74) is 6.58. The van der Waals surface area contributed by atoms with E-state index >= 15 is 0 Å². The summed E-state index contributed by atoms with van der Waals surface area (Å²) >= 11 is 0. The van der Waals surface area contributed by atoms with Crippen LogP contribution in [-0.2, 0) is 15.8 Å². The van der Waals surface area contributed by atoms with Crippen LogP contribution in [-0.4, -0.2) is 20.0 Å². The van der Waals surface area contributed by atoms with E-state index in [0.29, 0.717) is 5.56 Å². The molecule has 7 nitrogen and oxygen atoms in total. The predicted octanol–water partition coefficient (Wildman–Crippen LogP) is 1.88. The molecule has 120 valence electrons. The lowest BCUT2D eigenvalue weighted by Gasteiger charge is -2.11. The lowest BCUT2D eigenvalue weighted by atomic mass is 10.2. The van der Waals surface area contributed by atoms with Crippen LogP contribution < -0.4 is 15.2 Å². The zero-order valence-corrected chi connectivity index (χ0v) is 13.3. The summed E-state index contributed by atoms with van der Waals surface area (Å²) in [6.45, 7) is 2.01. The highest BCUT2D eigenvalue weighted by atomic mass is 32.2. The molecule has 2 rings (SSSR count). The van der Waals surface area contributed by atoms with Crippen molar-refractivity contribution in [3.8, 4) is 11.9 Å². The number of ether oxygens (including phenoxy) is 1. The molecule has 0 saturated heterocycles. The van der Waals surface area contributed by atoms with Gasteiger partial charge in [0.25, 0.3) is 0 Å². The van der Waals surface area contributed by atoms with Gasteiger partial charge in [-0.2, -0.15) is 10.2 Å². The van der Waals surface area contributed by atoms with Crippen LogP contribution in [0, 0.1) is 11.3 Å². The Morgan fingerprint density at radius 3 is 2.65 bits per heavy atom. The van der Waals surface area contributed by atoms with E-state index in [4.69, 9.17) is 15.7 Å². The molecule has 1 aromatic heterocycles. The number of benzene rings is 1. The van der Waals surface area contributed by atoms with Crippen molar-refractivity contribution in [1.29, 1.82) is 5.26 Å². The van der Waals surface area contributed by atoms with E-state index in [1.54, 1.807) is 37.3 Å². The van der Waals surface area contributed by atoms with Gasteiger partial charge in [-0.3, -0.25) is 4.72 Å². The van der Waals surface area contributed by atoms with Crippen molar-refractivity contribution >= 4 is 21.5 Å². The number of nitrogen functional groups attached to an aromatic ring is 1. The number of nitrogens with two attached hydrogens (primary N) is 1. The summed E-state index contributed by atoms with van der Waals surface area (Å²) in [5.74, 6) is -0.173. The van der Waals surface area contributed by atoms with Gasteiger partial charge in [-0.25, -0.2) is 8.42 Å². The molecule has 1 heterocycles. The molecule has 0 aliphatic rings. The number of nitrogens with zero attached hydrogens (tertiary/aromatic N) is 2. The van der Waals surface area contributed by atoms with Crippen LogP contribution in [0.25, 0.3) is 0 Å². The van der Waals surface area contributed by atoms with Crippen LogP contribution in [0.3, 0.4) is 0 Å². The average molecular weight is 332 g/mol. The second-order valence-corrected chi connectivity index (χ2v) is 6.39. The van der Waals surface area contributed by atoms with Crippen LogP contribution in [0.2, 0.25) is 0 Å². The summed E-state index contributed by atoms with van der Waals surface area (Å²) in [4.78, 5) is 4.01. The van der Waals surface area contributed by atoms with E-state index in [-0.39, 0.29) is 35.3 Å². The zero-order valence-electron chi connectivity index (χ0n) is 12.5. The van der Waals surface area contributed by atoms with Crippen molar-refractivity contribution in [3.63, 3.8) is 0 Å². The van der Waals surface area contributed by atoms with Crippen LogP contribution in [0.15, 0.2) is 36.4 Å². The lowest BCUT2D eigenvalue weighted by Crippen LogP contribution is -2.16. The molecule has 2 aromatic rings. The third-order valence-corrected chi connectivity index (χ3v) is 4.10. The van der Waals surface area contributed by atoms with Gasteiger partial charge in [0.05, 0.1) is 18.0 Å². The highest BCUT2D eigenvalue weighted by molar-refractivity contribution is 7.91. The molecule has 0 saturated carbocycles. The molecule has 23 heavy (non-hydrogen) atoms. The summed E-state index contributed by atoms with van der Waals surface area (Å²) in [7, 11) is -3.66. The maximum atomic E-state index is 12.2. The Morgan fingerprint density at radius 2 is 2.04 bits per heavy atom. The minimum Gasteiger partial charge on any atom is -0.477 e. The van der Waals surface area contributed by atoms with Crippen LogP contribution in [0.1, 0.15) is 18.1 Å². The number of rotatable bonds is 6. The minimum atomic E-state index is -3.66. The molecule has 0 radical (unpaired) electrons. The first-order valence-electron chi connectivity index (χ1n) is 6.83. The Bertz CT molecular complexity index is 830. The molecule has 3 N–H and O–H groups in total. The molecule has 1 aromatic carbocycles. The maximum absolute atomic E-state index is 12.2.